The Labute approximate surface area is 120 Å². The van der Waals surface area contributed by atoms with Crippen molar-refractivity contribution in [3.63, 3.8) is 0 Å². The third-order valence-electron chi connectivity index (χ3n) is 3.26. The van der Waals surface area contributed by atoms with Crippen molar-refractivity contribution in [1.29, 1.82) is 0 Å². The van der Waals surface area contributed by atoms with Gasteiger partial charge in [-0.1, -0.05) is 24.3 Å². The first kappa shape index (κ1) is 13.1. The SMILES string of the molecule is CNC(=O)c1ccc(-c2nc3ccccc3c(=O)[nH]2)cc1. The van der Waals surface area contributed by atoms with Crippen molar-refractivity contribution in [2.24, 2.45) is 0 Å². The normalized spacial score (nSPS) is 10.5. The van der Waals surface area contributed by atoms with Crippen molar-refractivity contribution >= 4 is 16.8 Å². The van der Waals surface area contributed by atoms with Gasteiger partial charge < -0.3 is 10.3 Å². The minimum absolute atomic E-state index is 0.151. The van der Waals surface area contributed by atoms with Crippen molar-refractivity contribution in [1.82, 2.24) is 15.3 Å². The summed E-state index contributed by atoms with van der Waals surface area (Å²) in [5, 5.41) is 3.12. The van der Waals surface area contributed by atoms with Crippen LogP contribution in [0.1, 0.15) is 10.4 Å². The predicted molar refractivity (Wildman–Crippen MR) is 81.2 cm³/mol. The molecule has 0 saturated heterocycles. The highest BCUT2D eigenvalue weighted by Crippen LogP contribution is 2.17. The molecule has 5 heteroatoms. The number of carbonyl (C=O) groups excluding carboxylic acids is 1. The minimum atomic E-state index is -0.175. The molecular formula is C16H13N3O2. The van der Waals surface area contributed by atoms with Gasteiger partial charge in [-0.3, -0.25) is 9.59 Å². The molecule has 1 amide bonds. The number of H-pyrrole nitrogens is 1. The zero-order valence-electron chi connectivity index (χ0n) is 11.4. The molecule has 0 spiro atoms. The Kier molecular flexibility index (Phi) is 3.23. The molecule has 5 nitrogen and oxygen atoms in total. The summed E-state index contributed by atoms with van der Waals surface area (Å²) in [6.07, 6.45) is 0. The van der Waals surface area contributed by atoms with E-state index in [9.17, 15) is 9.59 Å². The van der Waals surface area contributed by atoms with Crippen LogP contribution in [-0.4, -0.2) is 22.9 Å². The number of nitrogens with one attached hydrogen (secondary N) is 2. The quantitative estimate of drug-likeness (QED) is 0.753. The highest BCUT2D eigenvalue weighted by atomic mass is 16.1. The Morgan fingerprint density at radius 3 is 2.52 bits per heavy atom. The van der Waals surface area contributed by atoms with Crippen molar-refractivity contribution in [2.45, 2.75) is 0 Å². The maximum atomic E-state index is 12.0. The second-order valence-corrected chi connectivity index (χ2v) is 4.59. The molecular weight excluding hydrogens is 266 g/mol. The van der Waals surface area contributed by atoms with E-state index in [0.717, 1.165) is 5.56 Å². The fourth-order valence-corrected chi connectivity index (χ4v) is 2.15. The Balaban J connectivity index is 2.08. The summed E-state index contributed by atoms with van der Waals surface area (Å²) < 4.78 is 0. The van der Waals surface area contributed by atoms with E-state index in [-0.39, 0.29) is 11.5 Å². The summed E-state index contributed by atoms with van der Waals surface area (Å²) in [4.78, 5) is 30.7. The summed E-state index contributed by atoms with van der Waals surface area (Å²) in [7, 11) is 1.58. The topological polar surface area (TPSA) is 74.8 Å². The molecule has 3 rings (SSSR count). The molecule has 2 aromatic carbocycles. The largest absolute Gasteiger partial charge is 0.355 e. The van der Waals surface area contributed by atoms with Crippen molar-refractivity contribution < 1.29 is 4.79 Å². The summed E-state index contributed by atoms with van der Waals surface area (Å²) >= 11 is 0. The molecule has 104 valence electrons. The van der Waals surface area contributed by atoms with E-state index in [0.29, 0.717) is 22.3 Å². The van der Waals surface area contributed by atoms with Crippen LogP contribution in [0.3, 0.4) is 0 Å². The van der Waals surface area contributed by atoms with Crippen molar-refractivity contribution in [3.05, 3.63) is 64.4 Å². The number of aromatic amines is 1. The number of nitrogens with zero attached hydrogens (tertiary/aromatic N) is 1. The van der Waals surface area contributed by atoms with Gasteiger partial charge in [0.25, 0.3) is 11.5 Å². The van der Waals surface area contributed by atoms with Crippen LogP contribution < -0.4 is 10.9 Å². The van der Waals surface area contributed by atoms with Gasteiger partial charge in [-0.25, -0.2) is 4.98 Å². The Hall–Kier alpha value is -2.95. The summed E-state index contributed by atoms with van der Waals surface area (Å²) in [5.74, 6) is 0.337. The lowest BCUT2D eigenvalue weighted by Crippen LogP contribution is -2.17. The van der Waals surface area contributed by atoms with Gasteiger partial charge in [0.1, 0.15) is 5.82 Å². The van der Waals surface area contributed by atoms with Gasteiger partial charge in [-0.2, -0.15) is 0 Å². The van der Waals surface area contributed by atoms with Crippen LogP contribution in [0.15, 0.2) is 53.3 Å². The number of benzene rings is 2. The standard InChI is InChI=1S/C16H13N3O2/c1-17-15(20)11-8-6-10(7-9-11)14-18-13-5-3-2-4-12(13)16(21)19-14/h2-9H,1H3,(H,17,20)(H,18,19,21). The maximum Gasteiger partial charge on any atom is 0.259 e. The van der Waals surface area contributed by atoms with E-state index in [4.69, 9.17) is 0 Å². The van der Waals surface area contributed by atoms with Gasteiger partial charge in [0, 0.05) is 18.2 Å². The van der Waals surface area contributed by atoms with Gasteiger partial charge in [-0.05, 0) is 24.3 Å². The monoisotopic (exact) mass is 279 g/mol. The molecule has 0 atom stereocenters. The Bertz CT molecular complexity index is 867. The van der Waals surface area contributed by atoms with E-state index in [1.54, 1.807) is 49.5 Å². The van der Waals surface area contributed by atoms with Crippen molar-refractivity contribution in [3.8, 4) is 11.4 Å². The number of fused-ring (bicyclic) bond motifs is 1. The van der Waals surface area contributed by atoms with Crippen LogP contribution in [0.4, 0.5) is 0 Å². The first-order chi connectivity index (χ1) is 10.2. The minimum Gasteiger partial charge on any atom is -0.355 e. The molecule has 0 bridgehead atoms. The number of amides is 1. The third-order valence-corrected chi connectivity index (χ3v) is 3.26. The fraction of sp³-hybridized carbons (Fsp3) is 0.0625. The number of aromatic nitrogens is 2. The number of hydrogen-bond acceptors (Lipinski definition) is 3. The number of para-hydroxylation sites is 1. The molecule has 0 aliphatic rings. The lowest BCUT2D eigenvalue weighted by molar-refractivity contribution is 0.0963. The van der Waals surface area contributed by atoms with E-state index in [1.165, 1.54) is 0 Å². The lowest BCUT2D eigenvalue weighted by atomic mass is 10.1. The highest BCUT2D eigenvalue weighted by molar-refractivity contribution is 5.94. The average molecular weight is 279 g/mol. The molecule has 1 heterocycles. The molecule has 0 aliphatic carbocycles. The zero-order valence-corrected chi connectivity index (χ0v) is 11.4. The first-order valence-corrected chi connectivity index (χ1v) is 6.50. The van der Waals surface area contributed by atoms with Gasteiger partial charge in [0.15, 0.2) is 0 Å². The second-order valence-electron chi connectivity index (χ2n) is 4.59. The molecule has 3 aromatic rings. The summed E-state index contributed by atoms with van der Waals surface area (Å²) in [5.41, 5.74) is 1.78. The van der Waals surface area contributed by atoms with Crippen molar-refractivity contribution in [2.75, 3.05) is 7.05 Å². The average Bonchev–Trinajstić information content (AvgIpc) is 2.54. The number of carbonyl (C=O) groups is 1. The van der Waals surface area contributed by atoms with Gasteiger partial charge in [0.2, 0.25) is 0 Å². The van der Waals surface area contributed by atoms with E-state index in [2.05, 4.69) is 15.3 Å². The summed E-state index contributed by atoms with van der Waals surface area (Å²) in [6.45, 7) is 0. The predicted octanol–water partition coefficient (Wildman–Crippen LogP) is 1.95. The molecule has 0 unspecified atom stereocenters. The first-order valence-electron chi connectivity index (χ1n) is 6.50. The van der Waals surface area contributed by atoms with Crippen LogP contribution in [-0.2, 0) is 0 Å². The third kappa shape index (κ3) is 2.41. The molecule has 1 aromatic heterocycles. The lowest BCUT2D eigenvalue weighted by Gasteiger charge is -2.04. The molecule has 0 saturated carbocycles. The van der Waals surface area contributed by atoms with Gasteiger partial charge in [-0.15, -0.1) is 0 Å². The highest BCUT2D eigenvalue weighted by Gasteiger charge is 2.07. The van der Waals surface area contributed by atoms with Crippen LogP contribution in [0, 0.1) is 0 Å². The number of rotatable bonds is 2. The fourth-order valence-electron chi connectivity index (χ4n) is 2.15. The number of hydrogen-bond donors (Lipinski definition) is 2. The van der Waals surface area contributed by atoms with E-state index in [1.807, 2.05) is 6.07 Å². The van der Waals surface area contributed by atoms with Gasteiger partial charge in [0.05, 0.1) is 10.9 Å². The molecule has 2 N–H and O–H groups in total. The zero-order chi connectivity index (χ0) is 14.8. The molecule has 0 fully saturated rings. The van der Waals surface area contributed by atoms with Crippen LogP contribution in [0.2, 0.25) is 0 Å². The smallest absolute Gasteiger partial charge is 0.259 e. The van der Waals surface area contributed by atoms with Crippen LogP contribution in [0.25, 0.3) is 22.3 Å². The Morgan fingerprint density at radius 1 is 1.10 bits per heavy atom. The molecule has 21 heavy (non-hydrogen) atoms. The van der Waals surface area contributed by atoms with E-state index < -0.39 is 0 Å². The summed E-state index contributed by atoms with van der Waals surface area (Å²) in [6, 6.07) is 14.1. The maximum absolute atomic E-state index is 12.0. The Morgan fingerprint density at radius 2 is 1.81 bits per heavy atom. The van der Waals surface area contributed by atoms with Crippen LogP contribution in [0.5, 0.6) is 0 Å². The molecule has 0 radical (unpaired) electrons. The van der Waals surface area contributed by atoms with Gasteiger partial charge >= 0.3 is 0 Å². The van der Waals surface area contributed by atoms with Crippen LogP contribution >= 0.6 is 0 Å². The second kappa shape index (κ2) is 5.20. The van der Waals surface area contributed by atoms with E-state index >= 15 is 0 Å². The molecule has 0 aliphatic heterocycles.